The lowest BCUT2D eigenvalue weighted by Crippen LogP contribution is -2.07. The number of hydrogen-bond acceptors (Lipinski definition) is 4. The maximum Gasteiger partial charge on any atom is 0.311 e. The molecule has 0 radical (unpaired) electrons. The van der Waals surface area contributed by atoms with E-state index in [9.17, 15) is 19.7 Å². The maximum absolute atomic E-state index is 11.4. The van der Waals surface area contributed by atoms with E-state index in [0.29, 0.717) is 5.56 Å². The van der Waals surface area contributed by atoms with Gasteiger partial charge in [-0.05, 0) is 24.1 Å². The highest BCUT2D eigenvalue weighted by molar-refractivity contribution is 6.07. The van der Waals surface area contributed by atoms with Gasteiger partial charge in [0.2, 0.25) is 0 Å². The number of nitro benzene ring substituents is 1. The van der Waals surface area contributed by atoms with Gasteiger partial charge in [-0.2, -0.15) is 0 Å². The number of nitro groups is 1. The van der Waals surface area contributed by atoms with Crippen molar-refractivity contribution in [1.82, 2.24) is 0 Å². The quantitative estimate of drug-likeness (QED) is 0.372. The first-order valence-electron chi connectivity index (χ1n) is 5.08. The van der Waals surface area contributed by atoms with Crippen LogP contribution in [0.4, 0.5) is 5.69 Å². The van der Waals surface area contributed by atoms with Gasteiger partial charge in [-0.3, -0.25) is 19.7 Å². The number of aliphatic carboxylic acids is 1. The van der Waals surface area contributed by atoms with E-state index in [0.717, 1.165) is 0 Å². The molecule has 1 aromatic carbocycles. The summed E-state index contributed by atoms with van der Waals surface area (Å²) in [5, 5.41) is 19.0. The Bertz CT molecular complexity index is 533. The Morgan fingerprint density at radius 3 is 2.67 bits per heavy atom. The number of hydrogen-bond donors (Lipinski definition) is 1. The van der Waals surface area contributed by atoms with Gasteiger partial charge in [0.25, 0.3) is 5.69 Å². The number of Topliss-reactive ketones (excluding diaryl/α,β-unsaturated/α-hetero) is 1. The number of carboxylic acid groups (broad SMARTS) is 1. The molecule has 0 aliphatic rings. The Morgan fingerprint density at radius 1 is 1.44 bits per heavy atom. The second-order valence-corrected chi connectivity index (χ2v) is 3.67. The molecule has 0 saturated heterocycles. The molecule has 6 nitrogen and oxygen atoms in total. The van der Waals surface area contributed by atoms with Crippen LogP contribution in [-0.4, -0.2) is 21.8 Å². The number of carbonyl (C=O) groups is 2. The maximum atomic E-state index is 11.4. The highest BCUT2D eigenvalue weighted by Crippen LogP contribution is 2.16. The van der Waals surface area contributed by atoms with E-state index in [4.69, 9.17) is 5.11 Å². The Balaban J connectivity index is 2.94. The third-order valence-corrected chi connectivity index (χ3v) is 2.22. The molecule has 0 bridgehead atoms. The zero-order valence-corrected chi connectivity index (χ0v) is 9.62. The summed E-state index contributed by atoms with van der Waals surface area (Å²) in [6.45, 7) is 1.48. The number of carbonyl (C=O) groups excluding carboxylic acids is 1. The fraction of sp³-hybridized carbons (Fsp3) is 0.167. The molecule has 1 aromatic rings. The van der Waals surface area contributed by atoms with Crippen molar-refractivity contribution in [2.45, 2.75) is 13.3 Å². The van der Waals surface area contributed by atoms with Crippen LogP contribution < -0.4 is 0 Å². The lowest BCUT2D eigenvalue weighted by Gasteiger charge is -1.99. The summed E-state index contributed by atoms with van der Waals surface area (Å²) in [5.41, 5.74) is 0.653. The largest absolute Gasteiger partial charge is 0.481 e. The van der Waals surface area contributed by atoms with Crippen LogP contribution >= 0.6 is 0 Å². The van der Waals surface area contributed by atoms with Crippen LogP contribution in [0.2, 0.25) is 0 Å². The Hall–Kier alpha value is -2.50. The molecule has 1 N–H and O–H groups in total. The summed E-state index contributed by atoms with van der Waals surface area (Å²) >= 11 is 0. The van der Waals surface area contributed by atoms with Gasteiger partial charge in [0.15, 0.2) is 5.78 Å². The van der Waals surface area contributed by atoms with Crippen molar-refractivity contribution in [3.63, 3.8) is 0 Å². The van der Waals surface area contributed by atoms with Crippen molar-refractivity contribution in [1.29, 1.82) is 0 Å². The van der Waals surface area contributed by atoms with Gasteiger partial charge in [-0.25, -0.2) is 0 Å². The topological polar surface area (TPSA) is 97.5 Å². The van der Waals surface area contributed by atoms with E-state index >= 15 is 0 Å². The van der Waals surface area contributed by atoms with Crippen molar-refractivity contribution in [3.05, 3.63) is 45.5 Å². The molecule has 0 aliphatic heterocycles. The lowest BCUT2D eigenvalue weighted by molar-refractivity contribution is -0.384. The first-order valence-corrected chi connectivity index (χ1v) is 5.08. The summed E-state index contributed by atoms with van der Waals surface area (Å²) in [5.74, 6) is -1.72. The first kappa shape index (κ1) is 13.6. The van der Waals surface area contributed by atoms with Crippen LogP contribution in [-0.2, 0) is 9.59 Å². The summed E-state index contributed by atoms with van der Waals surface area (Å²) in [6.07, 6.45) is 0.843. The van der Waals surface area contributed by atoms with E-state index in [2.05, 4.69) is 0 Å². The highest BCUT2D eigenvalue weighted by Gasteiger charge is 2.10. The Kier molecular flexibility index (Phi) is 4.31. The molecule has 0 atom stereocenters. The van der Waals surface area contributed by atoms with E-state index in [1.54, 1.807) is 6.07 Å². The number of ketones is 1. The van der Waals surface area contributed by atoms with Crippen molar-refractivity contribution in [3.8, 4) is 0 Å². The molecule has 6 heteroatoms. The smallest absolute Gasteiger partial charge is 0.311 e. The van der Waals surface area contributed by atoms with Gasteiger partial charge < -0.3 is 5.11 Å². The van der Waals surface area contributed by atoms with Gasteiger partial charge in [0.05, 0.1) is 4.92 Å². The fourth-order valence-corrected chi connectivity index (χ4v) is 1.34. The predicted molar refractivity (Wildman–Crippen MR) is 64.0 cm³/mol. The zero-order valence-electron chi connectivity index (χ0n) is 9.62. The molecule has 0 unspecified atom stereocenters. The van der Waals surface area contributed by atoms with Gasteiger partial charge in [0, 0.05) is 12.1 Å². The first-order chi connectivity index (χ1) is 8.40. The van der Waals surface area contributed by atoms with Crippen LogP contribution in [0.1, 0.15) is 18.9 Å². The number of carboxylic acids is 1. The van der Waals surface area contributed by atoms with E-state index < -0.39 is 23.1 Å². The third-order valence-electron chi connectivity index (χ3n) is 2.22. The van der Waals surface area contributed by atoms with E-state index in [1.165, 1.54) is 31.2 Å². The van der Waals surface area contributed by atoms with Crippen molar-refractivity contribution in [2.75, 3.05) is 0 Å². The van der Waals surface area contributed by atoms with Crippen LogP contribution in [0, 0.1) is 10.1 Å². The molecule has 0 aliphatic carbocycles. The zero-order chi connectivity index (χ0) is 13.7. The standard InChI is InChI=1S/C12H11NO5/c1-8(11(14)7-12(15)16)5-9-3-2-4-10(6-9)13(17)18/h2-6H,7H2,1H3,(H,15,16). The molecular weight excluding hydrogens is 238 g/mol. The van der Waals surface area contributed by atoms with Gasteiger partial charge in [-0.1, -0.05) is 12.1 Å². The molecule has 0 heterocycles. The molecule has 0 amide bonds. The number of allylic oxidation sites excluding steroid dienone is 1. The van der Waals surface area contributed by atoms with E-state index in [1.807, 2.05) is 0 Å². The molecule has 0 saturated carbocycles. The number of nitrogens with zero attached hydrogens (tertiary/aromatic N) is 1. The third kappa shape index (κ3) is 3.82. The van der Waals surface area contributed by atoms with Crippen molar-refractivity contribution in [2.24, 2.45) is 0 Å². The minimum absolute atomic E-state index is 0.0813. The van der Waals surface area contributed by atoms with Gasteiger partial charge >= 0.3 is 5.97 Å². The minimum Gasteiger partial charge on any atom is -0.481 e. The molecule has 0 aromatic heterocycles. The molecule has 0 spiro atoms. The summed E-state index contributed by atoms with van der Waals surface area (Å²) < 4.78 is 0. The molecule has 18 heavy (non-hydrogen) atoms. The summed E-state index contributed by atoms with van der Waals surface area (Å²) in [4.78, 5) is 31.8. The van der Waals surface area contributed by atoms with E-state index in [-0.39, 0.29) is 11.3 Å². The SMILES string of the molecule is CC(=Cc1cccc([N+](=O)[O-])c1)C(=O)CC(=O)O. The van der Waals surface area contributed by atoms with Gasteiger partial charge in [-0.15, -0.1) is 0 Å². The Morgan fingerprint density at radius 2 is 2.11 bits per heavy atom. The normalized spacial score (nSPS) is 11.1. The fourth-order valence-electron chi connectivity index (χ4n) is 1.34. The Labute approximate surface area is 103 Å². The molecule has 1 rings (SSSR count). The minimum atomic E-state index is -1.20. The molecular formula is C12H11NO5. The molecule has 0 fully saturated rings. The number of rotatable bonds is 5. The van der Waals surface area contributed by atoms with Crippen LogP contribution in [0.15, 0.2) is 29.8 Å². The average Bonchev–Trinajstić information content (AvgIpc) is 2.28. The van der Waals surface area contributed by atoms with Crippen LogP contribution in [0.5, 0.6) is 0 Å². The second kappa shape index (κ2) is 5.72. The predicted octanol–water partition coefficient (Wildman–Crippen LogP) is 2.04. The monoisotopic (exact) mass is 249 g/mol. The lowest BCUT2D eigenvalue weighted by atomic mass is 10.1. The summed E-state index contributed by atoms with van der Waals surface area (Å²) in [6, 6.07) is 5.76. The number of non-ortho nitro benzene ring substituents is 1. The van der Waals surface area contributed by atoms with Crippen LogP contribution in [0.3, 0.4) is 0 Å². The van der Waals surface area contributed by atoms with Crippen molar-refractivity contribution >= 4 is 23.5 Å². The van der Waals surface area contributed by atoms with Crippen molar-refractivity contribution < 1.29 is 19.6 Å². The van der Waals surface area contributed by atoms with Gasteiger partial charge in [0.1, 0.15) is 6.42 Å². The van der Waals surface area contributed by atoms with Crippen LogP contribution in [0.25, 0.3) is 6.08 Å². The highest BCUT2D eigenvalue weighted by atomic mass is 16.6. The summed E-state index contributed by atoms with van der Waals surface area (Å²) in [7, 11) is 0. The number of benzene rings is 1. The average molecular weight is 249 g/mol. The second-order valence-electron chi connectivity index (χ2n) is 3.67. The molecule has 94 valence electrons.